The summed E-state index contributed by atoms with van der Waals surface area (Å²) in [4.78, 5) is 25.2. The number of likely N-dealkylation sites (tertiary alicyclic amines) is 1. The van der Waals surface area contributed by atoms with Gasteiger partial charge >= 0.3 is 6.09 Å². The highest BCUT2D eigenvalue weighted by Gasteiger charge is 2.31. The van der Waals surface area contributed by atoms with E-state index in [2.05, 4.69) is 5.32 Å². The summed E-state index contributed by atoms with van der Waals surface area (Å²) in [6, 6.07) is -0.492. The Morgan fingerprint density at radius 2 is 2.05 bits per heavy atom. The minimum atomic E-state index is -0.561. The number of hydrogen-bond donors (Lipinski definition) is 2. The van der Waals surface area contributed by atoms with Crippen LogP contribution in [-0.4, -0.2) is 61.4 Å². The monoisotopic (exact) mass is 287 g/mol. The zero-order chi connectivity index (χ0) is 15.3. The quantitative estimate of drug-likeness (QED) is 0.767. The van der Waals surface area contributed by atoms with E-state index in [1.807, 2.05) is 0 Å². The molecule has 2 atom stereocenters. The summed E-state index contributed by atoms with van der Waals surface area (Å²) in [5.41, 5.74) is 5.43. The van der Waals surface area contributed by atoms with Gasteiger partial charge in [-0.25, -0.2) is 4.79 Å². The van der Waals surface area contributed by atoms with E-state index in [0.717, 1.165) is 0 Å². The van der Waals surface area contributed by atoms with E-state index >= 15 is 0 Å². The van der Waals surface area contributed by atoms with Gasteiger partial charge in [0.05, 0.1) is 6.04 Å². The van der Waals surface area contributed by atoms with Crippen LogP contribution in [0.25, 0.3) is 0 Å². The third kappa shape index (κ3) is 5.34. The van der Waals surface area contributed by atoms with Crippen LogP contribution in [0.3, 0.4) is 0 Å². The first kappa shape index (κ1) is 16.7. The zero-order valence-electron chi connectivity index (χ0n) is 12.6. The van der Waals surface area contributed by atoms with Gasteiger partial charge in [0.2, 0.25) is 5.91 Å². The molecule has 1 aliphatic heterocycles. The number of rotatable bonds is 3. The number of nitrogens with zero attached hydrogens (tertiary/aromatic N) is 1. The molecule has 3 N–H and O–H groups in total. The number of carbonyl (C=O) groups is 2. The standard InChI is InChI=1S/C13H25N3O4/c1-13(2,3)20-12(18)15-10-7-16(6-5-9(10)14)11(17)8-19-4/h9-10H,5-8,14H2,1-4H3,(H,15,18)/t9-,10-/m1/s1. The summed E-state index contributed by atoms with van der Waals surface area (Å²) in [7, 11) is 1.48. The molecule has 7 heteroatoms. The molecule has 2 amide bonds. The fraction of sp³-hybridized carbons (Fsp3) is 0.846. The van der Waals surface area contributed by atoms with E-state index in [4.69, 9.17) is 15.2 Å². The molecule has 116 valence electrons. The Bertz CT molecular complexity index is 354. The SMILES string of the molecule is COCC(=O)N1CC[C@@H](N)[C@H](NC(=O)OC(C)(C)C)C1. The Kier molecular flexibility index (Phi) is 5.76. The molecule has 1 heterocycles. The summed E-state index contributed by atoms with van der Waals surface area (Å²) >= 11 is 0. The van der Waals surface area contributed by atoms with Crippen molar-refractivity contribution in [1.82, 2.24) is 10.2 Å². The molecule has 0 saturated carbocycles. The van der Waals surface area contributed by atoms with Crippen LogP contribution in [0.1, 0.15) is 27.2 Å². The second-order valence-corrected chi connectivity index (χ2v) is 5.98. The first-order valence-electron chi connectivity index (χ1n) is 6.74. The summed E-state index contributed by atoms with van der Waals surface area (Å²) < 4.78 is 10.0. The largest absolute Gasteiger partial charge is 0.444 e. The van der Waals surface area contributed by atoms with Crippen LogP contribution >= 0.6 is 0 Å². The lowest BCUT2D eigenvalue weighted by atomic mass is 10.0. The lowest BCUT2D eigenvalue weighted by molar-refractivity contribution is -0.136. The summed E-state index contributed by atoms with van der Waals surface area (Å²) in [5, 5.41) is 2.73. The van der Waals surface area contributed by atoms with Crippen molar-refractivity contribution in [2.45, 2.75) is 44.9 Å². The number of hydrogen-bond acceptors (Lipinski definition) is 5. The molecule has 0 unspecified atom stereocenters. The topological polar surface area (TPSA) is 93.9 Å². The predicted molar refractivity (Wildman–Crippen MR) is 74.2 cm³/mol. The second kappa shape index (κ2) is 6.90. The van der Waals surface area contributed by atoms with Gasteiger partial charge in [0.15, 0.2) is 0 Å². The third-order valence-electron chi connectivity index (χ3n) is 2.99. The average Bonchev–Trinajstić information content (AvgIpc) is 2.29. The number of carbonyl (C=O) groups excluding carboxylic acids is 2. The number of methoxy groups -OCH3 is 1. The molecule has 0 aromatic rings. The lowest BCUT2D eigenvalue weighted by Gasteiger charge is -2.37. The Morgan fingerprint density at radius 3 is 2.60 bits per heavy atom. The molecule has 1 fully saturated rings. The molecule has 1 saturated heterocycles. The van der Waals surface area contributed by atoms with Crippen molar-refractivity contribution in [2.75, 3.05) is 26.8 Å². The maximum absolute atomic E-state index is 11.8. The van der Waals surface area contributed by atoms with E-state index in [0.29, 0.717) is 19.5 Å². The number of amides is 2. The summed E-state index contributed by atoms with van der Waals surface area (Å²) in [5.74, 6) is -0.101. The molecule has 20 heavy (non-hydrogen) atoms. The van der Waals surface area contributed by atoms with Crippen LogP contribution in [0, 0.1) is 0 Å². The van der Waals surface area contributed by atoms with Crippen molar-refractivity contribution in [2.24, 2.45) is 5.73 Å². The number of ether oxygens (including phenoxy) is 2. The highest BCUT2D eigenvalue weighted by atomic mass is 16.6. The fourth-order valence-electron chi connectivity index (χ4n) is 2.02. The van der Waals surface area contributed by atoms with Crippen LogP contribution in [0.2, 0.25) is 0 Å². The predicted octanol–water partition coefficient (Wildman–Crippen LogP) is 0.0857. The van der Waals surface area contributed by atoms with Gasteiger partial charge in [0, 0.05) is 26.2 Å². The normalized spacial score (nSPS) is 23.4. The number of alkyl carbamates (subject to hydrolysis) is 1. The first-order valence-corrected chi connectivity index (χ1v) is 6.74. The number of piperidine rings is 1. The van der Waals surface area contributed by atoms with Gasteiger partial charge in [-0.15, -0.1) is 0 Å². The molecule has 0 bridgehead atoms. The third-order valence-corrected chi connectivity index (χ3v) is 2.99. The van der Waals surface area contributed by atoms with Gasteiger partial charge in [-0.1, -0.05) is 0 Å². The van der Waals surface area contributed by atoms with Crippen molar-refractivity contribution in [3.8, 4) is 0 Å². The van der Waals surface area contributed by atoms with Gasteiger partial charge in [-0.05, 0) is 27.2 Å². The summed E-state index contributed by atoms with van der Waals surface area (Å²) in [6.45, 7) is 6.37. The van der Waals surface area contributed by atoms with Gasteiger partial charge in [0.1, 0.15) is 12.2 Å². The van der Waals surface area contributed by atoms with Crippen molar-refractivity contribution in [3.63, 3.8) is 0 Å². The van der Waals surface area contributed by atoms with Gasteiger partial charge < -0.3 is 25.4 Å². The smallest absolute Gasteiger partial charge is 0.407 e. The Hall–Kier alpha value is -1.34. The number of nitrogens with one attached hydrogen (secondary N) is 1. The number of nitrogens with two attached hydrogens (primary N) is 1. The van der Waals surface area contributed by atoms with Crippen LogP contribution in [0.15, 0.2) is 0 Å². The minimum Gasteiger partial charge on any atom is -0.444 e. The highest BCUT2D eigenvalue weighted by Crippen LogP contribution is 2.12. The molecule has 0 aromatic heterocycles. The van der Waals surface area contributed by atoms with Gasteiger partial charge in [0.25, 0.3) is 0 Å². The first-order chi connectivity index (χ1) is 9.23. The van der Waals surface area contributed by atoms with Gasteiger partial charge in [-0.3, -0.25) is 4.79 Å². The van der Waals surface area contributed by atoms with Crippen molar-refractivity contribution in [3.05, 3.63) is 0 Å². The molecule has 7 nitrogen and oxygen atoms in total. The van der Waals surface area contributed by atoms with Gasteiger partial charge in [-0.2, -0.15) is 0 Å². The Balaban J connectivity index is 2.54. The molecule has 1 rings (SSSR count). The average molecular weight is 287 g/mol. The van der Waals surface area contributed by atoms with E-state index in [9.17, 15) is 9.59 Å². The van der Waals surface area contributed by atoms with E-state index < -0.39 is 11.7 Å². The fourth-order valence-corrected chi connectivity index (χ4v) is 2.02. The van der Waals surface area contributed by atoms with Crippen LogP contribution in [-0.2, 0) is 14.3 Å². The summed E-state index contributed by atoms with van der Waals surface area (Å²) in [6.07, 6.45) is 0.120. The van der Waals surface area contributed by atoms with Crippen molar-refractivity contribution >= 4 is 12.0 Å². The molecule has 0 aliphatic carbocycles. The Labute approximate surface area is 119 Å². The molecule has 1 aliphatic rings. The molecule has 0 aromatic carbocycles. The maximum Gasteiger partial charge on any atom is 0.407 e. The van der Waals surface area contributed by atoms with Crippen molar-refractivity contribution < 1.29 is 19.1 Å². The molecular formula is C13H25N3O4. The molecule has 0 spiro atoms. The molecular weight excluding hydrogens is 262 g/mol. The molecule has 0 radical (unpaired) electrons. The zero-order valence-corrected chi connectivity index (χ0v) is 12.6. The van der Waals surface area contributed by atoms with Crippen LogP contribution < -0.4 is 11.1 Å². The van der Waals surface area contributed by atoms with Crippen LogP contribution in [0.5, 0.6) is 0 Å². The second-order valence-electron chi connectivity index (χ2n) is 5.98. The van der Waals surface area contributed by atoms with Crippen molar-refractivity contribution in [1.29, 1.82) is 0 Å². The van der Waals surface area contributed by atoms with E-state index in [1.165, 1.54) is 7.11 Å². The van der Waals surface area contributed by atoms with Crippen LogP contribution in [0.4, 0.5) is 4.79 Å². The Morgan fingerprint density at radius 1 is 1.40 bits per heavy atom. The lowest BCUT2D eigenvalue weighted by Crippen LogP contribution is -2.60. The van der Waals surface area contributed by atoms with E-state index in [1.54, 1.807) is 25.7 Å². The maximum atomic E-state index is 11.8. The van der Waals surface area contributed by atoms with E-state index in [-0.39, 0.29) is 24.6 Å². The minimum absolute atomic E-state index is 0.0361. The highest BCUT2D eigenvalue weighted by molar-refractivity contribution is 5.77.